The van der Waals surface area contributed by atoms with Gasteiger partial charge in [-0.3, -0.25) is 9.59 Å². The fourth-order valence-electron chi connectivity index (χ4n) is 2.86. The molecule has 1 atom stereocenters. The van der Waals surface area contributed by atoms with Gasteiger partial charge in [0.05, 0.1) is 19.1 Å². The van der Waals surface area contributed by atoms with Gasteiger partial charge < -0.3 is 24.5 Å². The number of benzene rings is 2. The molecule has 2 aromatic carbocycles. The second-order valence-electron chi connectivity index (χ2n) is 6.65. The molecule has 3 aromatic rings. The lowest BCUT2D eigenvalue weighted by Gasteiger charge is -2.17. The van der Waals surface area contributed by atoms with E-state index in [1.54, 1.807) is 48.5 Å². The predicted octanol–water partition coefficient (Wildman–Crippen LogP) is 3.25. The summed E-state index contributed by atoms with van der Waals surface area (Å²) in [6.45, 7) is 1.34. The number of rotatable bonds is 8. The highest BCUT2D eigenvalue weighted by Crippen LogP contribution is 2.25. The van der Waals surface area contributed by atoms with Crippen LogP contribution in [-0.4, -0.2) is 31.5 Å². The minimum atomic E-state index is -1.11. The van der Waals surface area contributed by atoms with Gasteiger partial charge >= 0.3 is 5.97 Å². The van der Waals surface area contributed by atoms with Crippen molar-refractivity contribution in [3.05, 3.63) is 83.8 Å². The maximum Gasteiger partial charge on any atom is 0.333 e. The second kappa shape index (κ2) is 10.1. The number of nitrogens with one attached hydrogen (secondary N) is 2. The minimum absolute atomic E-state index is 0.0537. The molecule has 3 rings (SSSR count). The van der Waals surface area contributed by atoms with Crippen molar-refractivity contribution in [2.24, 2.45) is 0 Å². The smallest absolute Gasteiger partial charge is 0.333 e. The highest BCUT2D eigenvalue weighted by molar-refractivity contribution is 5.96. The van der Waals surface area contributed by atoms with Crippen molar-refractivity contribution in [3.8, 4) is 5.75 Å². The summed E-state index contributed by atoms with van der Waals surface area (Å²) in [7, 11) is 1.49. The maximum absolute atomic E-state index is 12.7. The van der Waals surface area contributed by atoms with Crippen LogP contribution < -0.4 is 15.4 Å². The minimum Gasteiger partial charge on any atom is -0.495 e. The summed E-state index contributed by atoms with van der Waals surface area (Å²) in [4.78, 5) is 37.4. The molecule has 1 aromatic heterocycles. The normalized spacial score (nSPS) is 11.3. The van der Waals surface area contributed by atoms with E-state index < -0.39 is 30.4 Å². The van der Waals surface area contributed by atoms with Crippen LogP contribution in [0.4, 0.5) is 5.69 Å². The van der Waals surface area contributed by atoms with Gasteiger partial charge in [0.25, 0.3) is 11.8 Å². The number of esters is 1. The molecule has 0 aliphatic heterocycles. The molecular weight excluding hydrogens is 400 g/mol. The number of ether oxygens (including phenoxy) is 2. The zero-order valence-electron chi connectivity index (χ0n) is 17.1. The van der Waals surface area contributed by atoms with Crippen molar-refractivity contribution in [1.29, 1.82) is 0 Å². The summed E-state index contributed by atoms with van der Waals surface area (Å²) in [5.74, 6) is -1.36. The molecule has 0 spiro atoms. The Morgan fingerprint density at radius 1 is 1.03 bits per heavy atom. The molecule has 2 amide bonds. The maximum atomic E-state index is 12.7. The molecule has 0 bridgehead atoms. The molecule has 1 heterocycles. The van der Waals surface area contributed by atoms with Gasteiger partial charge in [-0.15, -0.1) is 0 Å². The Balaban J connectivity index is 1.67. The summed E-state index contributed by atoms with van der Waals surface area (Å²) < 4.78 is 15.5. The molecular formula is C23H22N2O6. The molecule has 0 fully saturated rings. The zero-order chi connectivity index (χ0) is 22.2. The van der Waals surface area contributed by atoms with Crippen molar-refractivity contribution >= 4 is 23.5 Å². The van der Waals surface area contributed by atoms with Crippen molar-refractivity contribution in [3.63, 3.8) is 0 Å². The number of anilines is 1. The summed E-state index contributed by atoms with van der Waals surface area (Å²) in [5, 5.41) is 5.23. The first kappa shape index (κ1) is 21.6. The van der Waals surface area contributed by atoms with Gasteiger partial charge in [-0.05, 0) is 42.3 Å². The van der Waals surface area contributed by atoms with Crippen LogP contribution >= 0.6 is 0 Å². The molecule has 8 heteroatoms. The van der Waals surface area contributed by atoms with Gasteiger partial charge in [0.15, 0.2) is 18.4 Å². The molecule has 0 aliphatic rings. The van der Waals surface area contributed by atoms with Crippen LogP contribution in [0.3, 0.4) is 0 Å². The van der Waals surface area contributed by atoms with Crippen LogP contribution in [0.5, 0.6) is 5.75 Å². The molecule has 0 radical (unpaired) electrons. The molecule has 31 heavy (non-hydrogen) atoms. The van der Waals surface area contributed by atoms with Crippen molar-refractivity contribution < 1.29 is 28.3 Å². The number of hydrogen-bond acceptors (Lipinski definition) is 6. The first-order valence-corrected chi connectivity index (χ1v) is 9.48. The van der Waals surface area contributed by atoms with E-state index in [-0.39, 0.29) is 5.76 Å². The Hall–Kier alpha value is -4.07. The van der Waals surface area contributed by atoms with E-state index >= 15 is 0 Å². The summed E-state index contributed by atoms with van der Waals surface area (Å²) in [6, 6.07) is 15.8. The van der Waals surface area contributed by atoms with Crippen LogP contribution in [0.2, 0.25) is 0 Å². The van der Waals surface area contributed by atoms with Gasteiger partial charge in [-0.25, -0.2) is 4.79 Å². The van der Waals surface area contributed by atoms with Crippen LogP contribution in [-0.2, 0) is 14.3 Å². The van der Waals surface area contributed by atoms with E-state index in [0.717, 1.165) is 5.56 Å². The van der Waals surface area contributed by atoms with Crippen LogP contribution in [0, 0.1) is 6.92 Å². The van der Waals surface area contributed by atoms with E-state index in [1.807, 2.05) is 13.0 Å². The number of hydrogen-bond donors (Lipinski definition) is 2. The number of amides is 2. The van der Waals surface area contributed by atoms with Crippen LogP contribution in [0.15, 0.2) is 71.3 Å². The third-order valence-electron chi connectivity index (χ3n) is 4.36. The van der Waals surface area contributed by atoms with Crippen molar-refractivity contribution in [1.82, 2.24) is 5.32 Å². The summed E-state index contributed by atoms with van der Waals surface area (Å²) >= 11 is 0. The number of aryl methyl sites for hydroxylation is 1. The van der Waals surface area contributed by atoms with E-state index in [2.05, 4.69) is 10.6 Å². The average molecular weight is 422 g/mol. The third-order valence-corrected chi connectivity index (χ3v) is 4.36. The largest absolute Gasteiger partial charge is 0.495 e. The Labute approximate surface area is 179 Å². The molecule has 160 valence electrons. The predicted molar refractivity (Wildman–Crippen MR) is 113 cm³/mol. The number of furan rings is 1. The van der Waals surface area contributed by atoms with E-state index in [0.29, 0.717) is 17.0 Å². The Morgan fingerprint density at radius 2 is 1.81 bits per heavy atom. The standard InChI is InChI=1S/C23H22N2O6/c1-15-10-11-18(29-2)17(13-15)24-20(26)14-31-23(28)21(16-7-4-3-5-8-16)25-22(27)19-9-6-12-30-19/h3-13,21H,14H2,1-2H3,(H,24,26)(H,25,27). The van der Waals surface area contributed by atoms with Gasteiger partial charge in [0.1, 0.15) is 5.75 Å². The average Bonchev–Trinajstić information content (AvgIpc) is 3.31. The van der Waals surface area contributed by atoms with Crippen LogP contribution in [0.1, 0.15) is 27.7 Å². The Kier molecular flexibility index (Phi) is 7.05. The Bertz CT molecular complexity index is 1050. The molecule has 0 aliphatic carbocycles. The fourth-order valence-corrected chi connectivity index (χ4v) is 2.86. The van der Waals surface area contributed by atoms with Crippen molar-refractivity contribution in [2.45, 2.75) is 13.0 Å². The number of methoxy groups -OCH3 is 1. The van der Waals surface area contributed by atoms with Gasteiger partial charge in [0, 0.05) is 0 Å². The SMILES string of the molecule is COc1ccc(C)cc1NC(=O)COC(=O)C(NC(=O)c1ccco1)c1ccccc1. The Morgan fingerprint density at radius 3 is 2.48 bits per heavy atom. The quantitative estimate of drug-likeness (QED) is 0.540. The lowest BCUT2D eigenvalue weighted by atomic mass is 10.1. The second-order valence-corrected chi connectivity index (χ2v) is 6.65. The molecule has 1 unspecified atom stereocenters. The number of carbonyl (C=O) groups excluding carboxylic acids is 3. The highest BCUT2D eigenvalue weighted by atomic mass is 16.5. The number of carbonyl (C=O) groups is 3. The van der Waals surface area contributed by atoms with E-state index in [9.17, 15) is 14.4 Å². The monoisotopic (exact) mass is 422 g/mol. The summed E-state index contributed by atoms with van der Waals surface area (Å²) in [5.41, 5.74) is 1.90. The molecule has 2 N–H and O–H groups in total. The van der Waals surface area contributed by atoms with E-state index in [1.165, 1.54) is 19.4 Å². The zero-order valence-corrected chi connectivity index (χ0v) is 17.1. The summed E-state index contributed by atoms with van der Waals surface area (Å²) in [6.07, 6.45) is 1.36. The van der Waals surface area contributed by atoms with Crippen molar-refractivity contribution in [2.75, 3.05) is 19.0 Å². The lowest BCUT2D eigenvalue weighted by Crippen LogP contribution is -2.36. The molecule has 8 nitrogen and oxygen atoms in total. The van der Waals surface area contributed by atoms with Gasteiger partial charge in [0.2, 0.25) is 0 Å². The topological polar surface area (TPSA) is 107 Å². The molecule has 0 saturated carbocycles. The molecule has 0 saturated heterocycles. The highest BCUT2D eigenvalue weighted by Gasteiger charge is 2.26. The third kappa shape index (κ3) is 5.72. The fraction of sp³-hybridized carbons (Fsp3) is 0.174. The van der Waals surface area contributed by atoms with Crippen LogP contribution in [0.25, 0.3) is 0 Å². The van der Waals surface area contributed by atoms with Gasteiger partial charge in [-0.2, -0.15) is 0 Å². The van der Waals surface area contributed by atoms with Gasteiger partial charge in [-0.1, -0.05) is 36.4 Å². The first-order valence-electron chi connectivity index (χ1n) is 9.48. The van der Waals surface area contributed by atoms with E-state index in [4.69, 9.17) is 13.9 Å². The first-order chi connectivity index (χ1) is 15.0. The lowest BCUT2D eigenvalue weighted by molar-refractivity contribution is -0.149.